The van der Waals surface area contributed by atoms with Gasteiger partial charge in [0.1, 0.15) is 5.82 Å². The average molecular weight is 289 g/mol. The Morgan fingerprint density at radius 1 is 1.38 bits per heavy atom. The largest absolute Gasteiger partial charge is 0.340 e. The summed E-state index contributed by atoms with van der Waals surface area (Å²) in [5.41, 5.74) is 6.66. The Labute approximate surface area is 123 Å². The Morgan fingerprint density at radius 3 is 2.81 bits per heavy atom. The normalized spacial score (nSPS) is 18.0. The van der Waals surface area contributed by atoms with Crippen molar-refractivity contribution in [1.82, 2.24) is 15.2 Å². The minimum atomic E-state index is -0.275. The van der Waals surface area contributed by atoms with E-state index in [9.17, 15) is 4.39 Å². The van der Waals surface area contributed by atoms with Crippen molar-refractivity contribution in [2.75, 3.05) is 18.0 Å². The highest BCUT2D eigenvalue weighted by molar-refractivity contribution is 5.56. The van der Waals surface area contributed by atoms with Crippen LogP contribution in [0.15, 0.2) is 24.3 Å². The first kappa shape index (κ1) is 14.0. The van der Waals surface area contributed by atoms with E-state index < -0.39 is 0 Å². The van der Waals surface area contributed by atoms with Gasteiger partial charge in [0.05, 0.1) is 0 Å². The lowest BCUT2D eigenvalue weighted by Gasteiger charge is -2.32. The fourth-order valence-corrected chi connectivity index (χ4v) is 2.78. The van der Waals surface area contributed by atoms with E-state index >= 15 is 0 Å². The Kier molecular flexibility index (Phi) is 3.88. The average Bonchev–Trinajstić information content (AvgIpc) is 2.97. The molecule has 0 amide bonds. The molecule has 112 valence electrons. The lowest BCUT2D eigenvalue weighted by atomic mass is 9.91. The molecule has 0 spiro atoms. The molecule has 3 rings (SSSR count). The molecule has 2 aromatic rings. The number of aromatic amines is 1. The van der Waals surface area contributed by atoms with Gasteiger partial charge in [-0.1, -0.05) is 12.1 Å². The maximum atomic E-state index is 13.2. The molecule has 1 aromatic carbocycles. The lowest BCUT2D eigenvalue weighted by Crippen LogP contribution is -2.40. The van der Waals surface area contributed by atoms with Crippen LogP contribution in [-0.4, -0.2) is 34.3 Å². The highest BCUT2D eigenvalue weighted by Gasteiger charge is 2.24. The van der Waals surface area contributed by atoms with Gasteiger partial charge < -0.3 is 10.6 Å². The predicted octanol–water partition coefficient (Wildman–Crippen LogP) is 2.17. The molecule has 0 saturated carbocycles. The third-order valence-electron chi connectivity index (χ3n) is 4.14. The number of nitrogens with zero attached hydrogens (tertiary/aromatic N) is 3. The second-order valence-corrected chi connectivity index (χ2v) is 5.68. The van der Waals surface area contributed by atoms with E-state index in [-0.39, 0.29) is 11.9 Å². The van der Waals surface area contributed by atoms with E-state index in [1.165, 1.54) is 12.1 Å². The monoisotopic (exact) mass is 289 g/mol. The summed E-state index contributed by atoms with van der Waals surface area (Å²) in [4.78, 5) is 6.63. The van der Waals surface area contributed by atoms with E-state index in [0.29, 0.717) is 23.3 Å². The van der Waals surface area contributed by atoms with Crippen LogP contribution < -0.4 is 10.6 Å². The van der Waals surface area contributed by atoms with Crippen LogP contribution in [0.25, 0.3) is 11.4 Å². The molecular formula is C15H20FN5. The fourth-order valence-electron chi connectivity index (χ4n) is 2.78. The molecule has 0 aliphatic carbocycles. The number of nitrogens with one attached hydrogen (secondary N) is 1. The number of hydrogen-bond donors (Lipinski definition) is 2. The number of piperidine rings is 1. The van der Waals surface area contributed by atoms with Crippen LogP contribution in [0.4, 0.5) is 10.3 Å². The van der Waals surface area contributed by atoms with Gasteiger partial charge in [-0.25, -0.2) is 4.39 Å². The minimum absolute atomic E-state index is 0.238. The zero-order valence-corrected chi connectivity index (χ0v) is 12.1. The fraction of sp³-hybridized carbons (Fsp3) is 0.467. The van der Waals surface area contributed by atoms with Crippen molar-refractivity contribution in [3.05, 3.63) is 30.1 Å². The summed E-state index contributed by atoms with van der Waals surface area (Å²) >= 11 is 0. The van der Waals surface area contributed by atoms with Gasteiger partial charge in [-0.2, -0.15) is 4.98 Å². The summed E-state index contributed by atoms with van der Waals surface area (Å²) in [6.07, 6.45) is 2.11. The number of H-pyrrole nitrogens is 1. The molecular weight excluding hydrogens is 269 g/mol. The van der Waals surface area contributed by atoms with Crippen molar-refractivity contribution in [3.8, 4) is 11.4 Å². The maximum absolute atomic E-state index is 13.2. The molecule has 1 aromatic heterocycles. The van der Waals surface area contributed by atoms with Crippen molar-refractivity contribution >= 4 is 5.95 Å². The molecule has 6 heteroatoms. The molecule has 1 saturated heterocycles. The number of nitrogens with two attached hydrogens (primary N) is 1. The Hall–Kier alpha value is -1.95. The molecule has 0 radical (unpaired) electrons. The molecule has 0 bridgehead atoms. The number of halogens is 1. The molecule has 21 heavy (non-hydrogen) atoms. The van der Waals surface area contributed by atoms with Gasteiger partial charge in [-0.15, -0.1) is 5.10 Å². The summed E-state index contributed by atoms with van der Waals surface area (Å²) in [6, 6.07) is 6.59. The summed E-state index contributed by atoms with van der Waals surface area (Å²) in [6.45, 7) is 3.88. The van der Waals surface area contributed by atoms with Gasteiger partial charge in [0.15, 0.2) is 5.82 Å². The Balaban J connectivity index is 1.71. The van der Waals surface area contributed by atoms with Crippen molar-refractivity contribution in [1.29, 1.82) is 0 Å². The summed E-state index contributed by atoms with van der Waals surface area (Å²) in [5, 5.41) is 7.14. The Bertz CT molecular complexity index is 602. The maximum Gasteiger partial charge on any atom is 0.245 e. The van der Waals surface area contributed by atoms with Gasteiger partial charge in [0.25, 0.3) is 0 Å². The van der Waals surface area contributed by atoms with Gasteiger partial charge in [-0.05, 0) is 37.8 Å². The molecule has 2 heterocycles. The summed E-state index contributed by atoms with van der Waals surface area (Å²) in [7, 11) is 0. The molecule has 5 nitrogen and oxygen atoms in total. The first-order chi connectivity index (χ1) is 10.1. The highest BCUT2D eigenvalue weighted by Crippen LogP contribution is 2.24. The van der Waals surface area contributed by atoms with Crippen molar-refractivity contribution in [2.24, 2.45) is 11.7 Å². The zero-order valence-electron chi connectivity index (χ0n) is 12.1. The molecule has 1 aliphatic rings. The zero-order chi connectivity index (χ0) is 14.8. The third kappa shape index (κ3) is 3.05. The van der Waals surface area contributed by atoms with E-state index in [1.807, 2.05) is 6.07 Å². The predicted molar refractivity (Wildman–Crippen MR) is 80.4 cm³/mol. The summed E-state index contributed by atoms with van der Waals surface area (Å²) in [5.74, 6) is 1.57. The smallest absolute Gasteiger partial charge is 0.245 e. The first-order valence-electron chi connectivity index (χ1n) is 7.32. The third-order valence-corrected chi connectivity index (χ3v) is 4.14. The molecule has 1 fully saturated rings. The van der Waals surface area contributed by atoms with Crippen LogP contribution in [0.1, 0.15) is 19.8 Å². The second-order valence-electron chi connectivity index (χ2n) is 5.68. The quantitative estimate of drug-likeness (QED) is 0.908. The van der Waals surface area contributed by atoms with Gasteiger partial charge in [-0.3, -0.25) is 5.10 Å². The number of hydrogen-bond acceptors (Lipinski definition) is 4. The van der Waals surface area contributed by atoms with E-state index in [4.69, 9.17) is 5.73 Å². The minimum Gasteiger partial charge on any atom is -0.340 e. The van der Waals surface area contributed by atoms with E-state index in [1.54, 1.807) is 6.07 Å². The van der Waals surface area contributed by atoms with Crippen LogP contribution in [0.3, 0.4) is 0 Å². The number of rotatable bonds is 3. The first-order valence-corrected chi connectivity index (χ1v) is 7.32. The topological polar surface area (TPSA) is 70.8 Å². The molecule has 1 atom stereocenters. The van der Waals surface area contributed by atoms with Crippen LogP contribution in [0.5, 0.6) is 0 Å². The molecule has 1 unspecified atom stereocenters. The number of aromatic nitrogens is 3. The van der Waals surface area contributed by atoms with E-state index in [2.05, 4.69) is 27.0 Å². The molecule has 1 aliphatic heterocycles. The standard InChI is InChI=1S/C15H20FN5/c1-10(17)11-5-7-21(8-6-11)15-18-14(19-20-15)12-3-2-4-13(16)9-12/h2-4,9-11H,5-8,17H2,1H3,(H,18,19,20). The number of anilines is 1. The van der Waals surface area contributed by atoms with Gasteiger partial charge in [0.2, 0.25) is 5.95 Å². The van der Waals surface area contributed by atoms with Crippen LogP contribution in [-0.2, 0) is 0 Å². The highest BCUT2D eigenvalue weighted by atomic mass is 19.1. The number of benzene rings is 1. The van der Waals surface area contributed by atoms with Crippen LogP contribution in [0.2, 0.25) is 0 Å². The van der Waals surface area contributed by atoms with Gasteiger partial charge >= 0.3 is 0 Å². The van der Waals surface area contributed by atoms with Crippen molar-refractivity contribution in [2.45, 2.75) is 25.8 Å². The SMILES string of the molecule is CC(N)C1CCN(c2n[nH]c(-c3cccc(F)c3)n2)CC1. The van der Waals surface area contributed by atoms with Gasteiger partial charge in [0, 0.05) is 24.7 Å². The second kappa shape index (κ2) is 5.81. The van der Waals surface area contributed by atoms with E-state index in [0.717, 1.165) is 25.9 Å². The molecule has 3 N–H and O–H groups in total. The van der Waals surface area contributed by atoms with Crippen LogP contribution in [0, 0.1) is 11.7 Å². The lowest BCUT2D eigenvalue weighted by molar-refractivity contribution is 0.352. The van der Waals surface area contributed by atoms with Crippen molar-refractivity contribution < 1.29 is 4.39 Å². The summed E-state index contributed by atoms with van der Waals surface area (Å²) < 4.78 is 13.2. The Morgan fingerprint density at radius 2 is 2.14 bits per heavy atom. The van der Waals surface area contributed by atoms with Crippen molar-refractivity contribution in [3.63, 3.8) is 0 Å². The van der Waals surface area contributed by atoms with Crippen LogP contribution >= 0.6 is 0 Å².